The quantitative estimate of drug-likeness (QED) is 0.221. The number of nitriles is 3. The van der Waals surface area contributed by atoms with Gasteiger partial charge in [-0.15, -0.1) is 11.3 Å². The third-order valence-corrected chi connectivity index (χ3v) is 8.20. The molecule has 2 heterocycles. The van der Waals surface area contributed by atoms with Crippen molar-refractivity contribution in [2.24, 2.45) is 0 Å². The number of hydrogen-bond donors (Lipinski definition) is 0. The number of hydrogen-bond acceptors (Lipinski definition) is 7. The van der Waals surface area contributed by atoms with E-state index in [4.69, 9.17) is 9.47 Å². The molecule has 0 aliphatic carbocycles. The van der Waals surface area contributed by atoms with E-state index in [2.05, 4.69) is 55.2 Å². The smallest absolute Gasteiger partial charge is 0.172 e. The van der Waals surface area contributed by atoms with Gasteiger partial charge in [-0.3, -0.25) is 0 Å². The third-order valence-electron chi connectivity index (χ3n) is 7.18. The van der Waals surface area contributed by atoms with E-state index in [1.54, 1.807) is 11.3 Å². The van der Waals surface area contributed by atoms with Crippen LogP contribution in [0.15, 0.2) is 89.2 Å². The number of thiophene rings is 1. The molecular weight excluding hydrogens is 552 g/mol. The van der Waals surface area contributed by atoms with Gasteiger partial charge in [-0.05, 0) is 82.7 Å². The van der Waals surface area contributed by atoms with Crippen LogP contribution in [0.4, 0.5) is 5.69 Å². The van der Waals surface area contributed by atoms with Crippen LogP contribution in [0.3, 0.4) is 0 Å². The van der Waals surface area contributed by atoms with E-state index in [0.717, 1.165) is 45.4 Å². The van der Waals surface area contributed by atoms with Gasteiger partial charge in [0.05, 0.1) is 6.10 Å². The lowest BCUT2D eigenvalue weighted by Gasteiger charge is -2.27. The average molecular weight is 587 g/mol. The Morgan fingerprint density at radius 2 is 1.58 bits per heavy atom. The summed E-state index contributed by atoms with van der Waals surface area (Å²) in [6.07, 6.45) is 7.98. The first-order chi connectivity index (χ1) is 20.8. The van der Waals surface area contributed by atoms with Crippen molar-refractivity contribution in [3.05, 3.63) is 110 Å². The Morgan fingerprint density at radius 3 is 2.16 bits per heavy atom. The van der Waals surface area contributed by atoms with Gasteiger partial charge in [0.15, 0.2) is 16.9 Å². The Bertz CT molecular complexity index is 1700. The second-order valence-electron chi connectivity index (χ2n) is 10.3. The average Bonchev–Trinajstić information content (AvgIpc) is 3.59. The van der Waals surface area contributed by atoms with Crippen molar-refractivity contribution in [3.63, 3.8) is 0 Å². The highest BCUT2D eigenvalue weighted by Crippen LogP contribution is 2.47. The second kappa shape index (κ2) is 13.8. The number of nitrogens with zero attached hydrogens (tertiary/aromatic N) is 4. The van der Waals surface area contributed by atoms with Crippen LogP contribution < -0.4 is 9.64 Å². The normalized spacial score (nSPS) is 16.3. The first-order valence-electron chi connectivity index (χ1n) is 14.2. The Morgan fingerprint density at radius 1 is 0.930 bits per heavy atom. The predicted molar refractivity (Wildman–Crippen MR) is 174 cm³/mol. The van der Waals surface area contributed by atoms with E-state index < -0.39 is 5.60 Å². The highest BCUT2D eigenvalue weighted by molar-refractivity contribution is 7.13. The lowest BCUT2D eigenvalue weighted by atomic mass is 9.86. The van der Waals surface area contributed by atoms with Gasteiger partial charge in [0.2, 0.25) is 0 Å². The van der Waals surface area contributed by atoms with E-state index in [1.807, 2.05) is 87.5 Å². The van der Waals surface area contributed by atoms with Gasteiger partial charge in [-0.25, -0.2) is 0 Å². The molecule has 0 saturated heterocycles. The molecule has 0 amide bonds. The summed E-state index contributed by atoms with van der Waals surface area (Å²) in [7, 11) is 0. The lowest BCUT2D eigenvalue weighted by Crippen LogP contribution is -2.23. The van der Waals surface area contributed by atoms with Gasteiger partial charge in [0.1, 0.15) is 29.5 Å². The van der Waals surface area contributed by atoms with Crippen LogP contribution in [0.2, 0.25) is 0 Å². The van der Waals surface area contributed by atoms with Crippen molar-refractivity contribution in [1.82, 2.24) is 0 Å². The molecule has 2 aromatic carbocycles. The zero-order valence-corrected chi connectivity index (χ0v) is 25.9. The fraction of sp³-hybridized carbons (Fsp3) is 0.250. The van der Waals surface area contributed by atoms with Gasteiger partial charge in [-0.1, -0.05) is 36.4 Å². The topological polar surface area (TPSA) is 93.1 Å². The van der Waals surface area contributed by atoms with Crippen LogP contribution in [0, 0.1) is 34.0 Å². The first-order valence-corrected chi connectivity index (χ1v) is 15.0. The van der Waals surface area contributed by atoms with Crippen LogP contribution in [0.1, 0.15) is 55.5 Å². The van der Waals surface area contributed by atoms with Crippen molar-refractivity contribution in [2.75, 3.05) is 18.0 Å². The maximum absolute atomic E-state index is 10.1. The van der Waals surface area contributed by atoms with Crippen LogP contribution in [0.25, 0.3) is 18.2 Å². The molecule has 0 N–H and O–H groups in total. The summed E-state index contributed by atoms with van der Waals surface area (Å²) >= 11 is 1.61. The van der Waals surface area contributed by atoms with Crippen LogP contribution in [-0.2, 0) is 10.3 Å². The number of benzene rings is 2. The summed E-state index contributed by atoms with van der Waals surface area (Å²) < 4.78 is 12.4. The van der Waals surface area contributed by atoms with E-state index in [9.17, 15) is 15.8 Å². The summed E-state index contributed by atoms with van der Waals surface area (Å²) in [4.78, 5) is 4.33. The van der Waals surface area contributed by atoms with Gasteiger partial charge in [-0.2, -0.15) is 15.8 Å². The first kappa shape index (κ1) is 30.9. The highest BCUT2D eigenvalue weighted by Gasteiger charge is 2.43. The fourth-order valence-electron chi connectivity index (χ4n) is 4.98. The predicted octanol–water partition coefficient (Wildman–Crippen LogP) is 8.63. The summed E-state index contributed by atoms with van der Waals surface area (Å²) in [5.74, 6) is 0.863. The molecule has 1 atom stereocenters. The summed E-state index contributed by atoms with van der Waals surface area (Å²) in [6, 6.07) is 25.8. The zero-order valence-electron chi connectivity index (χ0n) is 25.1. The molecule has 0 spiro atoms. The molecule has 0 fully saturated rings. The molecule has 216 valence electrons. The molecule has 7 heteroatoms. The largest absolute Gasteiger partial charge is 0.490 e. The molecule has 1 aromatic heterocycles. The molecule has 0 saturated carbocycles. The lowest BCUT2D eigenvalue weighted by molar-refractivity contribution is 0.0755. The Hall–Kier alpha value is -5.03. The van der Waals surface area contributed by atoms with Crippen molar-refractivity contribution in [3.8, 4) is 24.0 Å². The molecular formula is C36H34N4O2S. The van der Waals surface area contributed by atoms with E-state index in [0.29, 0.717) is 5.57 Å². The minimum atomic E-state index is -1.04. The standard InChI is InChI=1S/C36H34N4O2S/c1-6-40(7-2)29-15-13-26(34(21-29)41-25(3)4)14-16-30-17-18-31(43-30)19-20-33-32(24-39)35(27(22-37)23-38)42-36(33,5)28-11-9-8-10-12-28/h8-21,25H,6-7H2,1-5H3/b16-14+,20-19+. The van der Waals surface area contributed by atoms with E-state index >= 15 is 0 Å². The Labute approximate surface area is 258 Å². The van der Waals surface area contributed by atoms with Crippen molar-refractivity contribution in [2.45, 2.75) is 46.3 Å². The van der Waals surface area contributed by atoms with E-state index in [-0.39, 0.29) is 23.0 Å². The summed E-state index contributed by atoms with van der Waals surface area (Å²) in [5.41, 5.74) is 2.47. The monoisotopic (exact) mass is 586 g/mol. The molecule has 1 aliphatic heterocycles. The van der Waals surface area contributed by atoms with Crippen molar-refractivity contribution >= 4 is 35.3 Å². The second-order valence-corrected chi connectivity index (χ2v) is 11.4. The third kappa shape index (κ3) is 6.73. The molecule has 3 aromatic rings. The molecule has 0 bridgehead atoms. The summed E-state index contributed by atoms with van der Waals surface area (Å²) in [6.45, 7) is 12.1. The number of allylic oxidation sites excluding steroid dienone is 2. The van der Waals surface area contributed by atoms with Gasteiger partial charge in [0.25, 0.3) is 0 Å². The molecule has 1 unspecified atom stereocenters. The Balaban J connectivity index is 1.66. The number of anilines is 1. The molecule has 6 nitrogen and oxygen atoms in total. The van der Waals surface area contributed by atoms with Gasteiger partial charge < -0.3 is 14.4 Å². The number of ether oxygens (including phenoxy) is 2. The van der Waals surface area contributed by atoms with E-state index in [1.165, 1.54) is 0 Å². The molecule has 0 radical (unpaired) electrons. The van der Waals surface area contributed by atoms with Gasteiger partial charge in [0, 0.05) is 45.7 Å². The molecule has 4 rings (SSSR count). The van der Waals surface area contributed by atoms with Crippen LogP contribution in [-0.4, -0.2) is 19.2 Å². The Kier molecular flexibility index (Phi) is 9.89. The van der Waals surface area contributed by atoms with Gasteiger partial charge >= 0.3 is 0 Å². The maximum Gasteiger partial charge on any atom is 0.172 e. The fourth-order valence-corrected chi connectivity index (χ4v) is 5.80. The highest BCUT2D eigenvalue weighted by atomic mass is 32.1. The SMILES string of the molecule is CCN(CC)c1ccc(/C=C/c2ccc(/C=C/C3=C(C#N)C(=C(C#N)C#N)OC3(C)c3ccccc3)s2)c(OC(C)C)c1. The number of rotatable bonds is 10. The maximum atomic E-state index is 10.1. The van der Waals surface area contributed by atoms with Crippen molar-refractivity contribution in [1.29, 1.82) is 15.8 Å². The van der Waals surface area contributed by atoms with Crippen molar-refractivity contribution < 1.29 is 9.47 Å². The molecule has 1 aliphatic rings. The minimum absolute atomic E-state index is 0.0136. The minimum Gasteiger partial charge on any atom is -0.490 e. The zero-order chi connectivity index (χ0) is 31.0. The van der Waals surface area contributed by atoms with Crippen LogP contribution in [0.5, 0.6) is 5.75 Å². The summed E-state index contributed by atoms with van der Waals surface area (Å²) in [5, 5.41) is 29.1. The molecule has 43 heavy (non-hydrogen) atoms. The van der Waals surface area contributed by atoms with Crippen LogP contribution >= 0.6 is 11.3 Å².